The number of ether oxygens (including phenoxy) is 1. The van der Waals surface area contributed by atoms with Gasteiger partial charge in [-0.25, -0.2) is 8.42 Å². The Hall–Kier alpha value is -2.44. The van der Waals surface area contributed by atoms with Gasteiger partial charge in [-0.2, -0.15) is 9.98 Å². The van der Waals surface area contributed by atoms with E-state index in [1.165, 1.54) is 26.0 Å². The first-order chi connectivity index (χ1) is 13.6. The lowest BCUT2D eigenvalue weighted by Crippen LogP contribution is -2.52. The third-order valence-corrected chi connectivity index (χ3v) is 6.52. The van der Waals surface area contributed by atoms with E-state index in [9.17, 15) is 23.3 Å². The normalized spacial score (nSPS) is 18.1. The fourth-order valence-electron chi connectivity index (χ4n) is 3.15. The fraction of sp³-hybridized carbons (Fsp3) is 0.550. The van der Waals surface area contributed by atoms with Gasteiger partial charge in [0.15, 0.2) is 6.10 Å². The van der Waals surface area contributed by atoms with Crippen LogP contribution in [0.15, 0.2) is 29.2 Å². The van der Waals surface area contributed by atoms with Crippen molar-refractivity contribution in [3.63, 3.8) is 0 Å². The Morgan fingerprint density at radius 3 is 2.28 bits per heavy atom. The Labute approximate surface area is 171 Å². The van der Waals surface area contributed by atoms with Gasteiger partial charge >= 0.3 is 5.97 Å². The molecular weight excluding hydrogens is 394 g/mol. The zero-order chi connectivity index (χ0) is 21.7. The van der Waals surface area contributed by atoms with Gasteiger partial charge in [-0.15, -0.1) is 0 Å². The molecule has 158 valence electrons. The maximum Gasteiger partial charge on any atom is 0.324 e. The van der Waals surface area contributed by atoms with Gasteiger partial charge in [0.2, 0.25) is 10.0 Å². The number of nitrogens with zero attached hydrogens (tertiary/aromatic N) is 1. The van der Waals surface area contributed by atoms with Crippen molar-refractivity contribution in [3.8, 4) is 6.07 Å². The lowest BCUT2D eigenvalue weighted by Gasteiger charge is -2.32. The predicted molar refractivity (Wildman–Crippen MR) is 106 cm³/mol. The second-order valence-electron chi connectivity index (χ2n) is 7.48. The average Bonchev–Trinajstić information content (AvgIpc) is 2.68. The first-order valence-electron chi connectivity index (χ1n) is 9.61. The summed E-state index contributed by atoms with van der Waals surface area (Å²) in [5.74, 6) is -1.45. The first-order valence-corrected chi connectivity index (χ1v) is 11.1. The van der Waals surface area contributed by atoms with Crippen molar-refractivity contribution >= 4 is 21.9 Å². The van der Waals surface area contributed by atoms with Crippen LogP contribution in [0.25, 0.3) is 0 Å². The molecule has 2 N–H and O–H groups in total. The van der Waals surface area contributed by atoms with Crippen LogP contribution in [0, 0.1) is 18.3 Å². The molecule has 0 saturated heterocycles. The highest BCUT2D eigenvalue weighted by atomic mass is 32.2. The second kappa shape index (κ2) is 9.37. The Kier molecular flexibility index (Phi) is 7.38. The van der Waals surface area contributed by atoms with E-state index in [1.807, 2.05) is 6.92 Å². The third kappa shape index (κ3) is 6.02. The lowest BCUT2D eigenvalue weighted by atomic mass is 9.83. The summed E-state index contributed by atoms with van der Waals surface area (Å²) in [6.07, 6.45) is 2.67. The molecular formula is C20H27N3O5S. The van der Waals surface area contributed by atoms with E-state index < -0.39 is 39.6 Å². The molecule has 1 aromatic carbocycles. The number of nitriles is 1. The molecule has 1 saturated carbocycles. The summed E-state index contributed by atoms with van der Waals surface area (Å²) in [6.45, 7) is 4.57. The van der Waals surface area contributed by atoms with Crippen LogP contribution in [0.2, 0.25) is 0 Å². The Bertz CT molecular complexity index is 884. The van der Waals surface area contributed by atoms with Crippen LogP contribution >= 0.6 is 0 Å². The molecule has 29 heavy (non-hydrogen) atoms. The van der Waals surface area contributed by atoms with Crippen LogP contribution in [0.5, 0.6) is 0 Å². The molecule has 9 heteroatoms. The van der Waals surface area contributed by atoms with Crippen molar-refractivity contribution in [3.05, 3.63) is 29.8 Å². The number of aryl methyl sites for hydroxylation is 1. The fourth-order valence-corrected chi connectivity index (χ4v) is 4.35. The average molecular weight is 422 g/mol. The number of hydrogen-bond donors (Lipinski definition) is 2. The zero-order valence-electron chi connectivity index (χ0n) is 16.9. The molecule has 1 unspecified atom stereocenters. The van der Waals surface area contributed by atoms with Crippen molar-refractivity contribution in [1.29, 1.82) is 5.26 Å². The first kappa shape index (κ1) is 22.8. The van der Waals surface area contributed by atoms with E-state index in [4.69, 9.17) is 4.74 Å². The summed E-state index contributed by atoms with van der Waals surface area (Å²) >= 11 is 0. The Balaban J connectivity index is 1.95. The molecule has 8 nitrogen and oxygen atoms in total. The molecule has 1 aliphatic carbocycles. The van der Waals surface area contributed by atoms with Crippen molar-refractivity contribution in [2.45, 2.75) is 75.5 Å². The molecule has 0 bridgehead atoms. The number of sulfonamides is 1. The number of carbonyl (C=O) groups is 2. The van der Waals surface area contributed by atoms with E-state index in [0.29, 0.717) is 12.8 Å². The highest BCUT2D eigenvalue weighted by Gasteiger charge is 2.36. The molecule has 0 radical (unpaired) electrons. The van der Waals surface area contributed by atoms with Gasteiger partial charge in [0.05, 0.1) is 11.0 Å². The standard InChI is InChI=1S/C20H27N3O5S/c1-14-7-9-17(10-8-14)29(26,27)23-15(2)19(25)28-16(3)18(24)22-20(13-21)11-5-4-6-12-20/h7-10,15-16,23H,4-6,11-12H2,1-3H3,(H,22,24)/t15-,16?/m0/s1. The van der Waals surface area contributed by atoms with Gasteiger partial charge in [0.1, 0.15) is 11.6 Å². The molecule has 0 aromatic heterocycles. The number of rotatable bonds is 7. The number of amides is 1. The summed E-state index contributed by atoms with van der Waals surface area (Å²) in [6, 6.07) is 7.17. The van der Waals surface area contributed by atoms with E-state index in [1.54, 1.807) is 12.1 Å². The number of carbonyl (C=O) groups excluding carboxylic acids is 2. The maximum absolute atomic E-state index is 12.4. The summed E-state index contributed by atoms with van der Waals surface area (Å²) in [5, 5.41) is 12.1. The second-order valence-corrected chi connectivity index (χ2v) is 9.19. The van der Waals surface area contributed by atoms with Gasteiger partial charge in [-0.1, -0.05) is 37.0 Å². The number of esters is 1. The van der Waals surface area contributed by atoms with Gasteiger partial charge in [-0.05, 0) is 45.7 Å². The van der Waals surface area contributed by atoms with Crippen LogP contribution in [0.1, 0.15) is 51.5 Å². The smallest absolute Gasteiger partial charge is 0.324 e. The van der Waals surface area contributed by atoms with E-state index >= 15 is 0 Å². The van der Waals surface area contributed by atoms with Gasteiger partial charge in [-0.3, -0.25) is 9.59 Å². The van der Waals surface area contributed by atoms with Crippen molar-refractivity contribution in [2.24, 2.45) is 0 Å². The molecule has 1 amide bonds. The number of benzene rings is 1. The molecule has 0 aliphatic heterocycles. The molecule has 1 aromatic rings. The summed E-state index contributed by atoms with van der Waals surface area (Å²) in [7, 11) is -3.91. The third-order valence-electron chi connectivity index (χ3n) is 4.96. The molecule has 0 heterocycles. The zero-order valence-corrected chi connectivity index (χ0v) is 17.7. The van der Waals surface area contributed by atoms with Crippen LogP contribution in [-0.4, -0.2) is 38.0 Å². The van der Waals surface area contributed by atoms with Crippen molar-refractivity contribution in [1.82, 2.24) is 10.0 Å². The van der Waals surface area contributed by atoms with Gasteiger partial charge in [0, 0.05) is 0 Å². The van der Waals surface area contributed by atoms with Crippen molar-refractivity contribution in [2.75, 3.05) is 0 Å². The summed E-state index contributed by atoms with van der Waals surface area (Å²) < 4.78 is 32.1. The topological polar surface area (TPSA) is 125 Å². The highest BCUT2D eigenvalue weighted by molar-refractivity contribution is 7.89. The monoisotopic (exact) mass is 421 g/mol. The Morgan fingerprint density at radius 1 is 1.14 bits per heavy atom. The van der Waals surface area contributed by atoms with Crippen LogP contribution in [0.4, 0.5) is 0 Å². The molecule has 1 aliphatic rings. The van der Waals surface area contributed by atoms with Crippen LogP contribution in [0.3, 0.4) is 0 Å². The maximum atomic E-state index is 12.4. The number of hydrogen-bond acceptors (Lipinski definition) is 6. The Morgan fingerprint density at radius 2 is 1.72 bits per heavy atom. The van der Waals surface area contributed by atoms with E-state index in [0.717, 1.165) is 24.8 Å². The molecule has 2 atom stereocenters. The van der Waals surface area contributed by atoms with Crippen molar-refractivity contribution < 1.29 is 22.7 Å². The minimum absolute atomic E-state index is 0.0294. The summed E-state index contributed by atoms with van der Waals surface area (Å²) in [5.41, 5.74) is -0.0291. The molecule has 1 fully saturated rings. The van der Waals surface area contributed by atoms with E-state index in [-0.39, 0.29) is 4.90 Å². The number of nitrogens with one attached hydrogen (secondary N) is 2. The van der Waals surface area contributed by atoms with Gasteiger partial charge < -0.3 is 10.1 Å². The van der Waals surface area contributed by atoms with Crippen LogP contribution < -0.4 is 10.0 Å². The largest absolute Gasteiger partial charge is 0.451 e. The minimum atomic E-state index is -3.91. The lowest BCUT2D eigenvalue weighted by molar-refractivity contribution is -0.156. The summed E-state index contributed by atoms with van der Waals surface area (Å²) in [4.78, 5) is 24.7. The van der Waals surface area contributed by atoms with Gasteiger partial charge in [0.25, 0.3) is 5.91 Å². The quantitative estimate of drug-likeness (QED) is 0.648. The SMILES string of the molecule is Cc1ccc(S(=O)(=O)N[C@@H](C)C(=O)OC(C)C(=O)NC2(C#N)CCCCC2)cc1. The van der Waals surface area contributed by atoms with E-state index in [2.05, 4.69) is 16.1 Å². The molecule has 0 spiro atoms. The predicted octanol–water partition coefficient (Wildman–Crippen LogP) is 1.94. The van der Waals surface area contributed by atoms with Crippen LogP contribution in [-0.2, 0) is 24.3 Å². The minimum Gasteiger partial charge on any atom is -0.451 e. The molecule has 2 rings (SSSR count). The highest BCUT2D eigenvalue weighted by Crippen LogP contribution is 2.27.